The van der Waals surface area contributed by atoms with Crippen molar-refractivity contribution in [3.8, 4) is 0 Å². The zero-order valence-electron chi connectivity index (χ0n) is 20.2. The lowest BCUT2D eigenvalue weighted by molar-refractivity contribution is -0.133. The van der Waals surface area contributed by atoms with Gasteiger partial charge in [0.25, 0.3) is 0 Å². The van der Waals surface area contributed by atoms with Crippen molar-refractivity contribution < 1.29 is 4.79 Å². The summed E-state index contributed by atoms with van der Waals surface area (Å²) >= 11 is 0. The molecule has 0 radical (unpaired) electrons. The second-order valence-corrected chi connectivity index (χ2v) is 9.70. The quantitative estimate of drug-likeness (QED) is 0.456. The fraction of sp³-hybridized carbons (Fsp3) is 0.310. The van der Waals surface area contributed by atoms with E-state index in [1.807, 2.05) is 65.6 Å². The minimum atomic E-state index is -0.392. The Balaban J connectivity index is 1.38. The molecule has 2 aliphatic heterocycles. The number of para-hydroxylation sites is 1. The van der Waals surface area contributed by atoms with E-state index in [0.717, 1.165) is 36.9 Å². The lowest BCUT2D eigenvalue weighted by Gasteiger charge is -2.32. The predicted octanol–water partition coefficient (Wildman–Crippen LogP) is 4.52. The number of tetrazole rings is 1. The third kappa shape index (κ3) is 4.26. The number of carbonyl (C=O) groups excluding carboxylic acids is 1. The summed E-state index contributed by atoms with van der Waals surface area (Å²) in [7, 11) is 0. The van der Waals surface area contributed by atoms with E-state index in [2.05, 4.69) is 49.8 Å². The summed E-state index contributed by atoms with van der Waals surface area (Å²) < 4.78 is 0. The van der Waals surface area contributed by atoms with Gasteiger partial charge in [0.1, 0.15) is 0 Å². The predicted molar refractivity (Wildman–Crippen MR) is 138 cm³/mol. The Hall–Kier alpha value is -4.00. The molecule has 0 unspecified atom stereocenters. The van der Waals surface area contributed by atoms with Gasteiger partial charge in [0.15, 0.2) is 5.82 Å². The van der Waals surface area contributed by atoms with Crippen LogP contribution in [-0.4, -0.2) is 50.6 Å². The minimum Gasteiger partial charge on any atom is -0.366 e. The highest BCUT2D eigenvalue weighted by atomic mass is 16.2. The van der Waals surface area contributed by atoms with Crippen LogP contribution in [0.1, 0.15) is 53.7 Å². The number of anilines is 1. The topological polar surface area (TPSA) is 78.0 Å². The molecule has 0 spiro atoms. The molecule has 2 aliphatic rings. The highest BCUT2D eigenvalue weighted by Gasteiger charge is 2.43. The Morgan fingerprint density at radius 3 is 2.28 bits per heavy atom. The van der Waals surface area contributed by atoms with Crippen molar-refractivity contribution >= 4 is 11.6 Å². The van der Waals surface area contributed by atoms with E-state index >= 15 is 0 Å². The van der Waals surface area contributed by atoms with E-state index in [9.17, 15) is 4.79 Å². The number of benzene rings is 3. The number of rotatable bonds is 5. The molecule has 36 heavy (non-hydrogen) atoms. The average Bonchev–Trinajstić information content (AvgIpc) is 3.57. The maximum Gasteiger partial charge on any atom is 0.235 e. The number of amides is 1. The maximum absolute atomic E-state index is 14.4. The molecule has 182 valence electrons. The van der Waals surface area contributed by atoms with E-state index < -0.39 is 5.92 Å². The van der Waals surface area contributed by atoms with Crippen molar-refractivity contribution in [2.75, 3.05) is 18.0 Å². The van der Waals surface area contributed by atoms with Gasteiger partial charge in [-0.3, -0.25) is 4.79 Å². The molecule has 1 saturated heterocycles. The fourth-order valence-electron chi connectivity index (χ4n) is 5.87. The number of carbonyl (C=O) groups is 1. The molecular weight excluding hydrogens is 448 g/mol. The number of aromatic amines is 1. The first-order valence-corrected chi connectivity index (χ1v) is 12.8. The summed E-state index contributed by atoms with van der Waals surface area (Å²) in [5.74, 6) is 0.263. The second-order valence-electron chi connectivity index (χ2n) is 9.70. The first kappa shape index (κ1) is 22.5. The lowest BCUT2D eigenvalue weighted by atomic mass is 9.90. The summed E-state index contributed by atoms with van der Waals surface area (Å²) in [4.78, 5) is 18.9. The van der Waals surface area contributed by atoms with Crippen molar-refractivity contribution in [3.63, 3.8) is 0 Å². The number of H-pyrrole nitrogens is 1. The Bertz CT molecular complexity index is 1250. The molecule has 0 saturated carbocycles. The summed E-state index contributed by atoms with van der Waals surface area (Å²) in [5, 5.41) is 15.1. The van der Waals surface area contributed by atoms with E-state index in [1.54, 1.807) is 0 Å². The van der Waals surface area contributed by atoms with Gasteiger partial charge >= 0.3 is 0 Å². The maximum atomic E-state index is 14.4. The Morgan fingerprint density at radius 1 is 0.889 bits per heavy atom. The number of aryl methyl sites for hydroxylation is 1. The second kappa shape index (κ2) is 9.93. The molecule has 4 aromatic rings. The number of hydrogen-bond donors (Lipinski definition) is 1. The van der Waals surface area contributed by atoms with Crippen LogP contribution in [0.5, 0.6) is 0 Å². The van der Waals surface area contributed by atoms with Gasteiger partial charge in [-0.1, -0.05) is 84.1 Å². The third-order valence-corrected chi connectivity index (χ3v) is 7.57. The van der Waals surface area contributed by atoms with E-state index in [0.29, 0.717) is 12.4 Å². The molecular formula is C29H30N6O. The SMILES string of the molecule is O=C(C(c1ccccc1)c1ccccc1)N1C[C@@H](N2CCCCc3ccccc32)C[C@H]1c1nn[nH]n1. The van der Waals surface area contributed by atoms with Gasteiger partial charge in [-0.2, -0.15) is 5.21 Å². The largest absolute Gasteiger partial charge is 0.366 e. The highest BCUT2D eigenvalue weighted by Crippen LogP contribution is 2.39. The van der Waals surface area contributed by atoms with Gasteiger partial charge < -0.3 is 9.80 Å². The van der Waals surface area contributed by atoms with Crippen LogP contribution >= 0.6 is 0 Å². The fourth-order valence-corrected chi connectivity index (χ4v) is 5.87. The van der Waals surface area contributed by atoms with Crippen molar-refractivity contribution in [1.82, 2.24) is 25.5 Å². The summed E-state index contributed by atoms with van der Waals surface area (Å²) in [6, 6.07) is 28.8. The molecule has 6 rings (SSSR count). The van der Waals surface area contributed by atoms with Gasteiger partial charge in [-0.15, -0.1) is 10.2 Å². The standard InChI is InChI=1S/C29H30N6O/c36-29(27(22-13-3-1-4-14-22)23-15-5-2-6-16-23)35-20-24(19-26(35)28-30-32-33-31-28)34-18-10-9-12-21-11-7-8-17-25(21)34/h1-8,11,13-17,24,26-27H,9-10,12,18-20H2,(H,30,31,32,33)/t24-,26-/m0/s1. The number of likely N-dealkylation sites (tertiary alicyclic amines) is 1. The van der Waals surface area contributed by atoms with Crippen LogP contribution in [-0.2, 0) is 11.2 Å². The molecule has 1 amide bonds. The smallest absolute Gasteiger partial charge is 0.235 e. The average molecular weight is 479 g/mol. The molecule has 3 heterocycles. The van der Waals surface area contributed by atoms with Crippen molar-refractivity contribution in [2.24, 2.45) is 0 Å². The molecule has 0 bridgehead atoms. The number of nitrogens with one attached hydrogen (secondary N) is 1. The molecule has 1 aromatic heterocycles. The molecule has 7 heteroatoms. The Labute approximate surface area is 211 Å². The number of hydrogen-bond acceptors (Lipinski definition) is 5. The van der Waals surface area contributed by atoms with Crippen LogP contribution in [0.25, 0.3) is 0 Å². The monoisotopic (exact) mass is 478 g/mol. The third-order valence-electron chi connectivity index (χ3n) is 7.57. The van der Waals surface area contributed by atoms with Gasteiger partial charge in [0, 0.05) is 24.8 Å². The normalized spacial score (nSPS) is 19.8. The van der Waals surface area contributed by atoms with Crippen LogP contribution in [0.15, 0.2) is 84.9 Å². The van der Waals surface area contributed by atoms with Crippen LogP contribution in [0.3, 0.4) is 0 Å². The number of aromatic nitrogens is 4. The number of nitrogens with zero attached hydrogens (tertiary/aromatic N) is 5. The van der Waals surface area contributed by atoms with Crippen molar-refractivity contribution in [3.05, 3.63) is 107 Å². The molecule has 1 fully saturated rings. The van der Waals surface area contributed by atoms with Gasteiger partial charge in [0.2, 0.25) is 5.91 Å². The first-order valence-electron chi connectivity index (χ1n) is 12.8. The summed E-state index contributed by atoms with van der Waals surface area (Å²) in [6.45, 7) is 1.62. The van der Waals surface area contributed by atoms with Crippen LogP contribution in [0, 0.1) is 0 Å². The molecule has 2 atom stereocenters. The van der Waals surface area contributed by atoms with Gasteiger partial charge in [0.05, 0.1) is 12.0 Å². The van der Waals surface area contributed by atoms with Gasteiger partial charge in [-0.25, -0.2) is 0 Å². The van der Waals surface area contributed by atoms with Gasteiger partial charge in [-0.05, 0) is 48.4 Å². The first-order chi connectivity index (χ1) is 17.8. The van der Waals surface area contributed by atoms with E-state index in [4.69, 9.17) is 0 Å². The zero-order chi connectivity index (χ0) is 24.3. The summed E-state index contributed by atoms with van der Waals surface area (Å²) in [5.41, 5.74) is 4.67. The highest BCUT2D eigenvalue weighted by molar-refractivity contribution is 5.88. The minimum absolute atomic E-state index is 0.0767. The Morgan fingerprint density at radius 2 is 1.58 bits per heavy atom. The van der Waals surface area contributed by atoms with E-state index in [1.165, 1.54) is 17.7 Å². The number of fused-ring (bicyclic) bond motifs is 1. The van der Waals surface area contributed by atoms with Crippen molar-refractivity contribution in [1.29, 1.82) is 0 Å². The zero-order valence-corrected chi connectivity index (χ0v) is 20.2. The lowest BCUT2D eigenvalue weighted by Crippen LogP contribution is -2.41. The Kier molecular flexibility index (Phi) is 6.20. The molecule has 0 aliphatic carbocycles. The molecule has 7 nitrogen and oxygen atoms in total. The molecule has 1 N–H and O–H groups in total. The van der Waals surface area contributed by atoms with E-state index in [-0.39, 0.29) is 18.0 Å². The van der Waals surface area contributed by atoms with Crippen LogP contribution in [0.2, 0.25) is 0 Å². The molecule has 3 aromatic carbocycles. The summed E-state index contributed by atoms with van der Waals surface area (Å²) in [6.07, 6.45) is 4.19. The van der Waals surface area contributed by atoms with Crippen LogP contribution in [0.4, 0.5) is 5.69 Å². The van der Waals surface area contributed by atoms with Crippen LogP contribution < -0.4 is 4.90 Å². The van der Waals surface area contributed by atoms with Crippen molar-refractivity contribution in [2.45, 2.75) is 43.7 Å².